The van der Waals surface area contributed by atoms with Crippen molar-refractivity contribution in [2.45, 2.75) is 26.2 Å². The van der Waals surface area contributed by atoms with Crippen LogP contribution in [0, 0.1) is 6.92 Å². The number of hydrogen-bond donors (Lipinski definition) is 2. The van der Waals surface area contributed by atoms with Crippen molar-refractivity contribution < 1.29 is 9.84 Å². The molecule has 0 spiro atoms. The van der Waals surface area contributed by atoms with Crippen molar-refractivity contribution in [2.75, 3.05) is 19.8 Å². The van der Waals surface area contributed by atoms with Crippen LogP contribution in [0.15, 0.2) is 12.1 Å². The molecule has 3 N–H and O–H groups in total. The molecule has 4 heteroatoms. The van der Waals surface area contributed by atoms with Gasteiger partial charge in [-0.3, -0.25) is 0 Å². The number of nitrogens with two attached hydrogens (primary N) is 1. The zero-order valence-corrected chi connectivity index (χ0v) is 11.3. The average molecular weight is 258 g/mol. The molecule has 1 aromatic rings. The molecule has 0 saturated carbocycles. The SMILES string of the molecule is CCOc1cc(C)c(C(C)(CN)CO)cc1Cl. The standard InChI is InChI=1S/C13H20ClNO2/c1-4-17-12-5-9(2)10(6-11(12)14)13(3,7-15)8-16/h5-6,16H,4,7-8,15H2,1-3H3. The van der Waals surface area contributed by atoms with Crippen LogP contribution in [0.2, 0.25) is 5.02 Å². The highest BCUT2D eigenvalue weighted by Gasteiger charge is 2.27. The topological polar surface area (TPSA) is 55.5 Å². The summed E-state index contributed by atoms with van der Waals surface area (Å²) in [6, 6.07) is 3.73. The van der Waals surface area contributed by atoms with Gasteiger partial charge in [-0.2, -0.15) is 0 Å². The number of aliphatic hydroxyl groups is 1. The number of hydrogen-bond acceptors (Lipinski definition) is 3. The van der Waals surface area contributed by atoms with Crippen LogP contribution in [0.25, 0.3) is 0 Å². The van der Waals surface area contributed by atoms with E-state index in [2.05, 4.69) is 0 Å². The fourth-order valence-corrected chi connectivity index (χ4v) is 2.05. The van der Waals surface area contributed by atoms with Crippen molar-refractivity contribution >= 4 is 11.6 Å². The second-order valence-electron chi connectivity index (χ2n) is 4.45. The Kier molecular flexibility index (Phi) is 4.80. The Morgan fingerprint density at radius 3 is 2.59 bits per heavy atom. The molecule has 0 heterocycles. The lowest BCUT2D eigenvalue weighted by molar-refractivity contribution is 0.209. The average Bonchev–Trinajstić information content (AvgIpc) is 2.32. The van der Waals surface area contributed by atoms with Crippen LogP contribution in [0.5, 0.6) is 5.75 Å². The van der Waals surface area contributed by atoms with E-state index in [-0.39, 0.29) is 6.61 Å². The van der Waals surface area contributed by atoms with E-state index >= 15 is 0 Å². The predicted octanol–water partition coefficient (Wildman–Crippen LogP) is 2.26. The van der Waals surface area contributed by atoms with Gasteiger partial charge in [-0.15, -0.1) is 0 Å². The van der Waals surface area contributed by atoms with E-state index in [1.54, 1.807) is 0 Å². The minimum Gasteiger partial charge on any atom is -0.492 e. The first-order valence-electron chi connectivity index (χ1n) is 5.73. The Morgan fingerprint density at radius 1 is 1.47 bits per heavy atom. The summed E-state index contributed by atoms with van der Waals surface area (Å²) < 4.78 is 5.43. The number of halogens is 1. The Hall–Kier alpha value is -0.770. The summed E-state index contributed by atoms with van der Waals surface area (Å²) in [5, 5.41) is 10.0. The maximum Gasteiger partial charge on any atom is 0.138 e. The first-order valence-corrected chi connectivity index (χ1v) is 6.10. The van der Waals surface area contributed by atoms with Crippen molar-refractivity contribution in [3.05, 3.63) is 28.3 Å². The first-order chi connectivity index (χ1) is 7.98. The Labute approximate surface area is 108 Å². The Balaban J connectivity index is 3.23. The van der Waals surface area contributed by atoms with Crippen LogP contribution in [0.1, 0.15) is 25.0 Å². The molecule has 0 aliphatic carbocycles. The fourth-order valence-electron chi connectivity index (χ4n) is 1.83. The second kappa shape index (κ2) is 5.71. The van der Waals surface area contributed by atoms with Gasteiger partial charge in [-0.05, 0) is 37.1 Å². The van der Waals surface area contributed by atoms with Gasteiger partial charge >= 0.3 is 0 Å². The quantitative estimate of drug-likeness (QED) is 0.851. The molecule has 0 aromatic heterocycles. The Morgan fingerprint density at radius 2 is 2.12 bits per heavy atom. The molecule has 0 saturated heterocycles. The van der Waals surface area contributed by atoms with E-state index in [0.717, 1.165) is 11.1 Å². The summed E-state index contributed by atoms with van der Waals surface area (Å²) in [5.74, 6) is 0.674. The first kappa shape index (κ1) is 14.3. The smallest absolute Gasteiger partial charge is 0.138 e. The van der Waals surface area contributed by atoms with Gasteiger partial charge in [0.25, 0.3) is 0 Å². The second-order valence-corrected chi connectivity index (χ2v) is 4.86. The van der Waals surface area contributed by atoms with Gasteiger partial charge in [0.05, 0.1) is 18.2 Å². The van der Waals surface area contributed by atoms with Gasteiger partial charge in [-0.25, -0.2) is 0 Å². The van der Waals surface area contributed by atoms with E-state index in [4.69, 9.17) is 22.1 Å². The molecule has 3 nitrogen and oxygen atoms in total. The van der Waals surface area contributed by atoms with Crippen molar-refractivity contribution in [3.8, 4) is 5.75 Å². The van der Waals surface area contributed by atoms with Crippen LogP contribution in [-0.4, -0.2) is 24.9 Å². The monoisotopic (exact) mass is 257 g/mol. The van der Waals surface area contributed by atoms with E-state index in [9.17, 15) is 5.11 Å². The lowest BCUT2D eigenvalue weighted by Crippen LogP contribution is -2.36. The van der Waals surface area contributed by atoms with Crippen LogP contribution < -0.4 is 10.5 Å². The molecule has 1 unspecified atom stereocenters. The molecule has 1 rings (SSSR count). The molecule has 96 valence electrons. The highest BCUT2D eigenvalue weighted by atomic mass is 35.5. The third kappa shape index (κ3) is 2.92. The molecule has 0 bridgehead atoms. The van der Waals surface area contributed by atoms with E-state index < -0.39 is 5.41 Å². The Bertz CT molecular complexity index is 389. The third-order valence-electron chi connectivity index (χ3n) is 3.03. The molecule has 0 aliphatic rings. The zero-order chi connectivity index (χ0) is 13.1. The van der Waals surface area contributed by atoms with Crippen LogP contribution in [0.3, 0.4) is 0 Å². The molecular formula is C13H20ClNO2. The van der Waals surface area contributed by atoms with E-state index in [1.165, 1.54) is 0 Å². The van der Waals surface area contributed by atoms with Gasteiger partial charge in [0.2, 0.25) is 0 Å². The summed E-state index contributed by atoms with van der Waals surface area (Å²) in [6.07, 6.45) is 0. The highest BCUT2D eigenvalue weighted by Crippen LogP contribution is 2.34. The van der Waals surface area contributed by atoms with Crippen LogP contribution in [-0.2, 0) is 5.41 Å². The highest BCUT2D eigenvalue weighted by molar-refractivity contribution is 6.32. The van der Waals surface area contributed by atoms with Crippen LogP contribution in [0.4, 0.5) is 0 Å². The summed E-state index contributed by atoms with van der Waals surface area (Å²) in [4.78, 5) is 0. The summed E-state index contributed by atoms with van der Waals surface area (Å²) in [7, 11) is 0. The molecular weight excluding hydrogens is 238 g/mol. The minimum absolute atomic E-state index is 0.00531. The van der Waals surface area contributed by atoms with Gasteiger partial charge < -0.3 is 15.6 Å². The molecule has 0 fully saturated rings. The predicted molar refractivity (Wildman–Crippen MR) is 70.9 cm³/mol. The molecule has 17 heavy (non-hydrogen) atoms. The lowest BCUT2D eigenvalue weighted by Gasteiger charge is -2.28. The molecule has 0 amide bonds. The van der Waals surface area contributed by atoms with E-state index in [0.29, 0.717) is 23.9 Å². The number of rotatable bonds is 5. The molecule has 0 aliphatic heterocycles. The van der Waals surface area contributed by atoms with Gasteiger partial charge in [0.1, 0.15) is 5.75 Å². The minimum atomic E-state index is -0.460. The van der Waals surface area contributed by atoms with Gasteiger partial charge in [0, 0.05) is 12.0 Å². The zero-order valence-electron chi connectivity index (χ0n) is 10.6. The van der Waals surface area contributed by atoms with Crippen molar-refractivity contribution in [1.82, 2.24) is 0 Å². The van der Waals surface area contributed by atoms with Crippen LogP contribution >= 0.6 is 11.6 Å². The van der Waals surface area contributed by atoms with E-state index in [1.807, 2.05) is 32.9 Å². The van der Waals surface area contributed by atoms with Crippen molar-refractivity contribution in [2.24, 2.45) is 5.73 Å². The maximum absolute atomic E-state index is 9.47. The molecule has 1 aromatic carbocycles. The summed E-state index contributed by atoms with van der Waals surface area (Å²) in [6.45, 7) is 6.75. The van der Waals surface area contributed by atoms with Gasteiger partial charge in [-0.1, -0.05) is 18.5 Å². The fraction of sp³-hybridized carbons (Fsp3) is 0.538. The number of benzene rings is 1. The normalized spacial score (nSPS) is 14.5. The number of aryl methyl sites for hydroxylation is 1. The van der Waals surface area contributed by atoms with Crippen molar-refractivity contribution in [1.29, 1.82) is 0 Å². The van der Waals surface area contributed by atoms with Gasteiger partial charge in [0.15, 0.2) is 0 Å². The number of aliphatic hydroxyl groups excluding tert-OH is 1. The number of ether oxygens (including phenoxy) is 1. The summed E-state index contributed by atoms with van der Waals surface area (Å²) >= 11 is 6.15. The molecule has 1 atom stereocenters. The third-order valence-corrected chi connectivity index (χ3v) is 3.32. The van der Waals surface area contributed by atoms with Crippen molar-refractivity contribution in [3.63, 3.8) is 0 Å². The lowest BCUT2D eigenvalue weighted by atomic mass is 9.81. The largest absolute Gasteiger partial charge is 0.492 e. The molecule has 0 radical (unpaired) electrons. The maximum atomic E-state index is 9.47. The summed E-state index contributed by atoms with van der Waals surface area (Å²) in [5.41, 5.74) is 7.27.